The van der Waals surface area contributed by atoms with Crippen LogP contribution < -0.4 is 5.69 Å². The van der Waals surface area contributed by atoms with Crippen LogP contribution in [0.15, 0.2) is 59.7 Å². The van der Waals surface area contributed by atoms with Gasteiger partial charge in [0.25, 0.3) is 5.91 Å². The molecule has 2 aromatic carbocycles. The van der Waals surface area contributed by atoms with Gasteiger partial charge in [0.1, 0.15) is 6.33 Å². The zero-order valence-electron chi connectivity index (χ0n) is 19.9. The molecule has 4 rings (SSSR count). The highest BCUT2D eigenvalue weighted by molar-refractivity contribution is 5.96. The van der Waals surface area contributed by atoms with Crippen LogP contribution in [0, 0.1) is 17.3 Å². The summed E-state index contributed by atoms with van der Waals surface area (Å²) in [6.45, 7) is 6.90. The Labute approximate surface area is 199 Å². The fourth-order valence-corrected chi connectivity index (χ4v) is 4.88. The van der Waals surface area contributed by atoms with E-state index in [0.717, 1.165) is 41.5 Å². The summed E-state index contributed by atoms with van der Waals surface area (Å²) in [6.07, 6.45) is 5.11. The number of nitrogens with zero attached hydrogens (tertiary/aromatic N) is 3. The van der Waals surface area contributed by atoms with Crippen LogP contribution in [0.3, 0.4) is 0 Å². The number of carbonyl (C=O) groups excluding carboxylic acids is 1. The van der Waals surface area contributed by atoms with Crippen molar-refractivity contribution in [3.63, 3.8) is 0 Å². The largest absolute Gasteiger partial charge is 0.478 e. The lowest BCUT2D eigenvalue weighted by atomic mass is 9.69. The molecule has 34 heavy (non-hydrogen) atoms. The van der Waals surface area contributed by atoms with E-state index in [-0.39, 0.29) is 29.3 Å². The molecule has 1 aromatic heterocycles. The van der Waals surface area contributed by atoms with Gasteiger partial charge in [-0.2, -0.15) is 5.10 Å². The van der Waals surface area contributed by atoms with Crippen LogP contribution >= 0.6 is 0 Å². The number of carbonyl (C=O) groups is 2. The Balaban J connectivity index is 1.49. The van der Waals surface area contributed by atoms with Crippen LogP contribution in [-0.4, -0.2) is 31.3 Å². The zero-order valence-corrected chi connectivity index (χ0v) is 19.9. The maximum Gasteiger partial charge on any atom is 0.353 e. The van der Waals surface area contributed by atoms with Crippen molar-refractivity contribution >= 4 is 11.9 Å². The van der Waals surface area contributed by atoms with Crippen molar-refractivity contribution in [3.05, 3.63) is 76.5 Å². The summed E-state index contributed by atoms with van der Waals surface area (Å²) in [5.41, 5.74) is 2.23. The van der Waals surface area contributed by atoms with Crippen LogP contribution in [0.25, 0.3) is 11.1 Å². The van der Waals surface area contributed by atoms with Crippen molar-refractivity contribution in [1.82, 2.24) is 14.3 Å². The first-order valence-electron chi connectivity index (χ1n) is 11.8. The van der Waals surface area contributed by atoms with Gasteiger partial charge in [-0.25, -0.2) is 9.59 Å². The van der Waals surface area contributed by atoms with E-state index in [2.05, 4.69) is 25.9 Å². The Hall–Kier alpha value is -3.48. The van der Waals surface area contributed by atoms with Crippen LogP contribution in [-0.2, 0) is 6.54 Å². The van der Waals surface area contributed by atoms with Gasteiger partial charge in [0.2, 0.25) is 0 Å². The maximum atomic E-state index is 13.1. The molecule has 1 heterocycles. The molecule has 0 aliphatic heterocycles. The summed E-state index contributed by atoms with van der Waals surface area (Å²) in [5, 5.41) is 13.6. The van der Waals surface area contributed by atoms with E-state index in [0.29, 0.717) is 11.5 Å². The zero-order chi connectivity index (χ0) is 24.5. The summed E-state index contributed by atoms with van der Waals surface area (Å²) >= 11 is 0. The fraction of sp³-hybridized carbons (Fsp3) is 0.407. The fourth-order valence-electron chi connectivity index (χ4n) is 4.88. The number of benzene rings is 2. The monoisotopic (exact) mass is 461 g/mol. The van der Waals surface area contributed by atoms with Crippen LogP contribution in [0.5, 0.6) is 0 Å². The number of hydrogen-bond acceptors (Lipinski definition) is 4. The molecule has 7 heteroatoms. The molecule has 2 unspecified atom stereocenters. The van der Waals surface area contributed by atoms with Gasteiger partial charge >= 0.3 is 11.7 Å². The van der Waals surface area contributed by atoms with Gasteiger partial charge in [-0.15, -0.1) is 4.68 Å². The predicted molar refractivity (Wildman–Crippen MR) is 130 cm³/mol. The molecule has 0 bridgehead atoms. The highest BCUT2D eigenvalue weighted by Crippen LogP contribution is 2.40. The van der Waals surface area contributed by atoms with Crippen molar-refractivity contribution in [3.8, 4) is 11.1 Å². The number of aromatic carboxylic acids is 1. The minimum absolute atomic E-state index is 0.139. The smallest absolute Gasteiger partial charge is 0.353 e. The molecule has 0 spiro atoms. The van der Waals surface area contributed by atoms with Crippen molar-refractivity contribution < 1.29 is 14.7 Å². The van der Waals surface area contributed by atoms with E-state index in [4.69, 9.17) is 0 Å². The highest BCUT2D eigenvalue weighted by Gasteiger charge is 2.35. The van der Waals surface area contributed by atoms with Gasteiger partial charge in [0.05, 0.1) is 12.1 Å². The number of carboxylic acids is 1. The molecular formula is C27H31N3O4. The molecule has 1 N–H and O–H groups in total. The first-order chi connectivity index (χ1) is 16.1. The standard InChI is InChI=1S/C27H31N3O4/c1-27(2,3)21-8-6-7-20(15-21)24(31)30-26(34)29(17-28-30)16-18-11-13-19(14-12-18)22-9-4-5-10-23(22)25(32)33/h4-5,9-14,17,20-21H,6-8,15-16H2,1-3H3,(H,32,33). The van der Waals surface area contributed by atoms with Crippen LogP contribution in [0.4, 0.5) is 0 Å². The minimum Gasteiger partial charge on any atom is -0.478 e. The van der Waals surface area contributed by atoms with E-state index >= 15 is 0 Å². The molecule has 0 radical (unpaired) electrons. The van der Waals surface area contributed by atoms with E-state index in [1.54, 1.807) is 24.3 Å². The molecule has 3 aromatic rings. The minimum atomic E-state index is -0.977. The van der Waals surface area contributed by atoms with Crippen LogP contribution in [0.2, 0.25) is 0 Å². The van der Waals surface area contributed by atoms with Crippen molar-refractivity contribution in [2.24, 2.45) is 17.3 Å². The first-order valence-corrected chi connectivity index (χ1v) is 11.8. The predicted octanol–water partition coefficient (Wildman–Crippen LogP) is 4.95. The third-order valence-electron chi connectivity index (χ3n) is 6.97. The summed E-state index contributed by atoms with van der Waals surface area (Å²) < 4.78 is 2.45. The molecule has 1 fully saturated rings. The van der Waals surface area contributed by atoms with Gasteiger partial charge in [-0.1, -0.05) is 69.7 Å². The molecule has 178 valence electrons. The van der Waals surface area contributed by atoms with Gasteiger partial charge in [0.15, 0.2) is 0 Å². The molecule has 0 amide bonds. The number of aromatic nitrogens is 3. The summed E-state index contributed by atoms with van der Waals surface area (Å²) in [5.74, 6) is -0.904. The molecule has 1 aliphatic rings. The van der Waals surface area contributed by atoms with E-state index in [9.17, 15) is 19.5 Å². The van der Waals surface area contributed by atoms with Gasteiger partial charge in [-0.05, 0) is 53.4 Å². The molecule has 7 nitrogen and oxygen atoms in total. The average Bonchev–Trinajstić information content (AvgIpc) is 3.18. The number of carboxylic acid groups (broad SMARTS) is 1. The van der Waals surface area contributed by atoms with Crippen LogP contribution in [0.1, 0.15) is 67.2 Å². The Morgan fingerprint density at radius 3 is 2.44 bits per heavy atom. The van der Waals surface area contributed by atoms with E-state index < -0.39 is 11.7 Å². The molecule has 0 saturated heterocycles. The van der Waals surface area contributed by atoms with Gasteiger partial charge in [-0.3, -0.25) is 9.36 Å². The van der Waals surface area contributed by atoms with Crippen molar-refractivity contribution in [2.75, 3.05) is 0 Å². The Morgan fingerprint density at radius 1 is 1.06 bits per heavy atom. The van der Waals surface area contributed by atoms with Gasteiger partial charge in [0, 0.05) is 5.92 Å². The van der Waals surface area contributed by atoms with Crippen molar-refractivity contribution in [1.29, 1.82) is 0 Å². The Morgan fingerprint density at radius 2 is 1.76 bits per heavy atom. The first kappa shape index (κ1) is 23.7. The summed E-state index contributed by atoms with van der Waals surface area (Å²) in [7, 11) is 0. The van der Waals surface area contributed by atoms with E-state index in [1.807, 2.05) is 24.3 Å². The highest BCUT2D eigenvalue weighted by atomic mass is 16.4. The number of rotatable bonds is 5. The second-order valence-electron chi connectivity index (χ2n) is 10.3. The Bertz CT molecular complexity index is 1250. The quantitative estimate of drug-likeness (QED) is 0.580. The number of hydrogen-bond donors (Lipinski definition) is 1. The molecule has 1 aliphatic carbocycles. The summed E-state index contributed by atoms with van der Waals surface area (Å²) in [6, 6.07) is 14.2. The van der Waals surface area contributed by atoms with E-state index in [1.165, 1.54) is 10.9 Å². The molecular weight excluding hydrogens is 430 g/mol. The average molecular weight is 462 g/mol. The topological polar surface area (TPSA) is 94.2 Å². The van der Waals surface area contributed by atoms with Crippen molar-refractivity contribution in [2.45, 2.75) is 53.0 Å². The van der Waals surface area contributed by atoms with Gasteiger partial charge < -0.3 is 5.11 Å². The Kier molecular flexibility index (Phi) is 6.55. The third kappa shape index (κ3) is 4.88. The maximum absolute atomic E-state index is 13.1. The molecule has 2 atom stereocenters. The second kappa shape index (κ2) is 9.41. The lowest BCUT2D eigenvalue weighted by Gasteiger charge is -2.36. The summed E-state index contributed by atoms with van der Waals surface area (Å²) in [4.78, 5) is 37.5. The SMILES string of the molecule is CC(C)(C)C1CCCC(C(=O)n2ncn(Cc3ccc(-c4ccccc4C(=O)O)cc3)c2=O)C1. The normalized spacial score (nSPS) is 18.6. The second-order valence-corrected chi connectivity index (χ2v) is 10.3. The molecule has 1 saturated carbocycles. The third-order valence-corrected chi connectivity index (χ3v) is 6.97. The lowest BCUT2D eigenvalue weighted by molar-refractivity contribution is 0.0679. The lowest BCUT2D eigenvalue weighted by Crippen LogP contribution is -2.37.